The Morgan fingerprint density at radius 1 is 0.686 bits per heavy atom. The number of rotatable bonds is 13. The van der Waals surface area contributed by atoms with Crippen molar-refractivity contribution in [2.24, 2.45) is 0 Å². The molecule has 254 valence electrons. The number of nitrogens with zero attached hydrogens (tertiary/aromatic N) is 8. The van der Waals surface area contributed by atoms with Gasteiger partial charge in [-0.25, -0.2) is 9.36 Å². The number of non-ortho nitro benzene ring substituents is 2. The molecular weight excluding hydrogens is 660 g/mol. The Morgan fingerprint density at radius 3 is 1.78 bits per heavy atom. The van der Waals surface area contributed by atoms with Gasteiger partial charge in [-0.05, 0) is 11.1 Å². The van der Waals surface area contributed by atoms with Crippen molar-refractivity contribution < 1.29 is 23.7 Å². The number of fused-ring (bicyclic) bond motifs is 1. The molecule has 0 spiro atoms. The van der Waals surface area contributed by atoms with Crippen molar-refractivity contribution in [2.75, 3.05) is 0 Å². The molecule has 3 aromatic heterocycles. The molecule has 7 rings (SSSR count). The molecule has 3 heterocycles. The molecule has 16 heteroatoms. The molecule has 0 unspecified atom stereocenters. The van der Waals surface area contributed by atoms with Crippen LogP contribution in [0.25, 0.3) is 22.3 Å². The van der Waals surface area contributed by atoms with Gasteiger partial charge in [0.05, 0.1) is 35.3 Å². The largest absolute Gasteiger partial charge is 0.487 e. The Balaban J connectivity index is 1.10. The van der Waals surface area contributed by atoms with E-state index in [1.807, 2.05) is 30.3 Å². The van der Waals surface area contributed by atoms with E-state index in [0.717, 1.165) is 16.7 Å². The quantitative estimate of drug-likeness (QED) is 0.106. The third-order valence-corrected chi connectivity index (χ3v) is 7.74. The Kier molecular flexibility index (Phi) is 8.93. The molecular formula is C35H26N8O8. The second-order valence-corrected chi connectivity index (χ2v) is 11.4. The summed E-state index contributed by atoms with van der Waals surface area (Å²) in [5.41, 5.74) is 3.26. The summed E-state index contributed by atoms with van der Waals surface area (Å²) >= 11 is 0. The highest BCUT2D eigenvalue weighted by Crippen LogP contribution is 2.33. The number of benzene rings is 4. The summed E-state index contributed by atoms with van der Waals surface area (Å²) in [6.45, 7) is 0.687. The van der Waals surface area contributed by atoms with Gasteiger partial charge in [0.15, 0.2) is 5.43 Å². The number of nitro benzene ring substituents is 2. The summed E-state index contributed by atoms with van der Waals surface area (Å²) in [4.78, 5) is 34.5. The maximum absolute atomic E-state index is 13.5. The average Bonchev–Trinajstić information content (AvgIpc) is 3.79. The minimum absolute atomic E-state index is 0.00269. The monoisotopic (exact) mass is 686 g/mol. The predicted octanol–water partition coefficient (Wildman–Crippen LogP) is 5.71. The Bertz CT molecular complexity index is 2410. The molecule has 0 bridgehead atoms. The lowest BCUT2D eigenvalue weighted by Crippen LogP contribution is -2.06. The van der Waals surface area contributed by atoms with Crippen LogP contribution in [0, 0.1) is 20.2 Å². The first-order chi connectivity index (χ1) is 24.8. The summed E-state index contributed by atoms with van der Waals surface area (Å²) in [5, 5.41) is 38.7. The topological polar surface area (TPSA) is 196 Å². The van der Waals surface area contributed by atoms with E-state index in [9.17, 15) is 25.0 Å². The Morgan fingerprint density at radius 2 is 1.24 bits per heavy atom. The standard InChI is InChI=1S/C35H26N8O8/c44-31-16-32(25-4-2-1-3-5-25)51-34-15-30(49-21-26-19-40(38-36-26)17-23-6-10-28(11-7-23)42(45)46)14-33(35(31)34)50-22-27-20-41(39-37-27)18-24-8-12-29(13-9-24)43(47)48/h1-16,19-20H,17-18,21-22H2. The normalized spacial score (nSPS) is 11.1. The first-order valence-corrected chi connectivity index (χ1v) is 15.4. The lowest BCUT2D eigenvalue weighted by atomic mass is 10.1. The summed E-state index contributed by atoms with van der Waals surface area (Å²) in [6, 6.07) is 26.2. The third-order valence-electron chi connectivity index (χ3n) is 7.74. The smallest absolute Gasteiger partial charge is 0.269 e. The fraction of sp³-hybridized carbons (Fsp3) is 0.114. The molecule has 4 aromatic carbocycles. The number of hydrogen-bond acceptors (Lipinski definition) is 12. The fourth-order valence-electron chi connectivity index (χ4n) is 5.26. The van der Waals surface area contributed by atoms with Crippen molar-refractivity contribution in [2.45, 2.75) is 26.3 Å². The lowest BCUT2D eigenvalue weighted by Gasteiger charge is -2.12. The molecule has 0 saturated carbocycles. The van der Waals surface area contributed by atoms with E-state index in [1.165, 1.54) is 30.3 Å². The zero-order valence-corrected chi connectivity index (χ0v) is 26.6. The molecule has 0 fully saturated rings. The zero-order valence-electron chi connectivity index (χ0n) is 26.6. The van der Waals surface area contributed by atoms with Crippen molar-refractivity contribution in [1.82, 2.24) is 30.0 Å². The van der Waals surface area contributed by atoms with Gasteiger partial charge in [0.2, 0.25) is 0 Å². The molecule has 51 heavy (non-hydrogen) atoms. The van der Waals surface area contributed by atoms with Gasteiger partial charge in [0.1, 0.15) is 52.8 Å². The van der Waals surface area contributed by atoms with Crippen LogP contribution in [-0.4, -0.2) is 39.8 Å². The molecule has 0 saturated heterocycles. The average molecular weight is 687 g/mol. The van der Waals surface area contributed by atoms with Gasteiger partial charge >= 0.3 is 0 Å². The molecule has 0 radical (unpaired) electrons. The molecule has 0 aliphatic carbocycles. The van der Waals surface area contributed by atoms with Crippen molar-refractivity contribution in [3.05, 3.63) is 162 Å². The third kappa shape index (κ3) is 7.59. The molecule has 7 aromatic rings. The molecule has 0 atom stereocenters. The molecule has 0 aliphatic heterocycles. The highest BCUT2D eigenvalue weighted by Gasteiger charge is 2.17. The molecule has 0 aliphatic rings. The summed E-state index contributed by atoms with van der Waals surface area (Å²) in [7, 11) is 0. The van der Waals surface area contributed by atoms with Crippen LogP contribution in [0.3, 0.4) is 0 Å². The highest BCUT2D eigenvalue weighted by molar-refractivity contribution is 5.86. The van der Waals surface area contributed by atoms with Gasteiger partial charge in [-0.1, -0.05) is 65.0 Å². The summed E-state index contributed by atoms with van der Waals surface area (Å²) < 4.78 is 21.6. The van der Waals surface area contributed by atoms with Crippen molar-refractivity contribution in [1.29, 1.82) is 0 Å². The number of ether oxygens (including phenoxy) is 2. The first-order valence-electron chi connectivity index (χ1n) is 15.4. The SMILES string of the molecule is O=c1cc(-c2ccccc2)oc2cc(OCc3cn(Cc4ccc([N+](=O)[O-])cc4)nn3)cc(OCc3cn(Cc4ccc([N+](=O)[O-])cc4)nn3)c12. The van der Waals surface area contributed by atoms with Crippen LogP contribution in [0.5, 0.6) is 11.5 Å². The fourth-order valence-corrected chi connectivity index (χ4v) is 5.26. The van der Waals surface area contributed by atoms with Crippen molar-refractivity contribution >= 4 is 22.3 Å². The van der Waals surface area contributed by atoms with Gasteiger partial charge in [0, 0.05) is 48.0 Å². The van der Waals surface area contributed by atoms with Crippen molar-refractivity contribution in [3.63, 3.8) is 0 Å². The molecule has 0 N–H and O–H groups in total. The van der Waals surface area contributed by atoms with E-state index < -0.39 is 9.85 Å². The van der Waals surface area contributed by atoms with E-state index in [4.69, 9.17) is 13.9 Å². The number of nitro groups is 2. The maximum Gasteiger partial charge on any atom is 0.269 e. The van der Waals surface area contributed by atoms with Gasteiger partial charge in [-0.15, -0.1) is 10.2 Å². The van der Waals surface area contributed by atoms with Crippen LogP contribution in [0.1, 0.15) is 22.5 Å². The van der Waals surface area contributed by atoms with Crippen LogP contribution in [-0.2, 0) is 26.3 Å². The van der Waals surface area contributed by atoms with Crippen LogP contribution in [0.2, 0.25) is 0 Å². The van der Waals surface area contributed by atoms with Crippen LogP contribution in [0.4, 0.5) is 11.4 Å². The summed E-state index contributed by atoms with van der Waals surface area (Å²) in [6.07, 6.45) is 3.38. The van der Waals surface area contributed by atoms with Crippen LogP contribution < -0.4 is 14.9 Å². The van der Waals surface area contributed by atoms with Crippen LogP contribution in [0.15, 0.2) is 119 Å². The van der Waals surface area contributed by atoms with E-state index in [2.05, 4.69) is 20.6 Å². The second kappa shape index (κ2) is 14.1. The van der Waals surface area contributed by atoms with E-state index in [-0.39, 0.29) is 46.7 Å². The lowest BCUT2D eigenvalue weighted by molar-refractivity contribution is -0.385. The highest BCUT2D eigenvalue weighted by atomic mass is 16.6. The van der Waals surface area contributed by atoms with Gasteiger partial charge in [0.25, 0.3) is 11.4 Å². The minimum Gasteiger partial charge on any atom is -0.487 e. The van der Waals surface area contributed by atoms with E-state index in [1.54, 1.807) is 58.2 Å². The Labute approximate surface area is 287 Å². The van der Waals surface area contributed by atoms with E-state index >= 15 is 0 Å². The van der Waals surface area contributed by atoms with Crippen molar-refractivity contribution in [3.8, 4) is 22.8 Å². The van der Waals surface area contributed by atoms with Gasteiger partial charge < -0.3 is 13.9 Å². The zero-order chi connectivity index (χ0) is 35.3. The minimum atomic E-state index is -0.459. The Hall–Kier alpha value is -7.23. The van der Waals surface area contributed by atoms with Gasteiger partial charge in [-0.2, -0.15) is 0 Å². The van der Waals surface area contributed by atoms with Gasteiger partial charge in [-0.3, -0.25) is 25.0 Å². The number of aromatic nitrogens is 6. The predicted molar refractivity (Wildman–Crippen MR) is 181 cm³/mol. The molecule has 16 nitrogen and oxygen atoms in total. The van der Waals surface area contributed by atoms with Crippen LogP contribution >= 0.6 is 0 Å². The molecule has 0 amide bonds. The summed E-state index contributed by atoms with van der Waals surface area (Å²) in [5.74, 6) is 0.930. The maximum atomic E-state index is 13.5. The number of hydrogen-bond donors (Lipinski definition) is 0. The first kappa shape index (κ1) is 32.3. The van der Waals surface area contributed by atoms with E-state index in [0.29, 0.717) is 36.0 Å². The second-order valence-electron chi connectivity index (χ2n) is 11.4.